The van der Waals surface area contributed by atoms with E-state index in [4.69, 9.17) is 4.74 Å². The van der Waals surface area contributed by atoms with Gasteiger partial charge in [0.05, 0.1) is 11.0 Å². The van der Waals surface area contributed by atoms with Crippen LogP contribution in [0.4, 0.5) is 4.39 Å². The molecular formula is C17H24FNO3S. The number of hydrogen-bond donors (Lipinski definition) is 0. The van der Waals surface area contributed by atoms with E-state index in [1.807, 2.05) is 6.92 Å². The minimum Gasteiger partial charge on any atom is -0.487 e. The first-order chi connectivity index (χ1) is 11.0. The summed E-state index contributed by atoms with van der Waals surface area (Å²) >= 11 is 0. The van der Waals surface area contributed by atoms with Crippen LogP contribution >= 0.6 is 0 Å². The Labute approximate surface area is 137 Å². The molecule has 1 aliphatic carbocycles. The first-order valence-electron chi connectivity index (χ1n) is 8.50. The third kappa shape index (κ3) is 3.38. The Kier molecular flexibility index (Phi) is 4.92. The Morgan fingerprint density at radius 1 is 1.22 bits per heavy atom. The zero-order chi connectivity index (χ0) is 16.4. The van der Waals surface area contributed by atoms with E-state index in [1.54, 1.807) is 0 Å². The first-order valence-corrected chi connectivity index (χ1v) is 9.94. The summed E-state index contributed by atoms with van der Waals surface area (Å²) in [4.78, 5) is 0.0223. The second kappa shape index (κ2) is 6.77. The molecule has 0 amide bonds. The minimum absolute atomic E-state index is 0.0223. The van der Waals surface area contributed by atoms with Crippen LogP contribution in [0.3, 0.4) is 0 Å². The van der Waals surface area contributed by atoms with Gasteiger partial charge in [-0.15, -0.1) is 0 Å². The smallest absolute Gasteiger partial charge is 0.243 e. The maximum atomic E-state index is 14.3. The Morgan fingerprint density at radius 3 is 2.61 bits per heavy atom. The zero-order valence-electron chi connectivity index (χ0n) is 13.5. The van der Waals surface area contributed by atoms with E-state index >= 15 is 0 Å². The van der Waals surface area contributed by atoms with Crippen LogP contribution in [0, 0.1) is 5.82 Å². The second-order valence-electron chi connectivity index (χ2n) is 6.44. The van der Waals surface area contributed by atoms with Gasteiger partial charge in [-0.1, -0.05) is 6.92 Å². The fourth-order valence-corrected chi connectivity index (χ4v) is 5.37. The molecule has 1 heterocycles. The van der Waals surface area contributed by atoms with Crippen LogP contribution in [-0.2, 0) is 10.0 Å². The van der Waals surface area contributed by atoms with Crippen molar-refractivity contribution in [3.63, 3.8) is 0 Å². The molecule has 1 aromatic carbocycles. The Bertz CT molecular complexity index is 656. The van der Waals surface area contributed by atoms with E-state index < -0.39 is 15.8 Å². The highest BCUT2D eigenvalue weighted by Crippen LogP contribution is 2.31. The first kappa shape index (κ1) is 16.7. The van der Waals surface area contributed by atoms with Gasteiger partial charge in [0.2, 0.25) is 10.0 Å². The predicted octanol–water partition coefficient (Wildman–Crippen LogP) is 3.71. The summed E-state index contributed by atoms with van der Waals surface area (Å²) in [6.45, 7) is 2.50. The molecular weight excluding hydrogens is 317 g/mol. The molecule has 1 saturated heterocycles. The molecule has 0 radical (unpaired) electrons. The Morgan fingerprint density at radius 2 is 1.96 bits per heavy atom. The van der Waals surface area contributed by atoms with Crippen LogP contribution in [0.25, 0.3) is 0 Å². The van der Waals surface area contributed by atoms with E-state index in [0.717, 1.165) is 51.0 Å². The summed E-state index contributed by atoms with van der Waals surface area (Å²) in [6.07, 6.45) is 6.65. The lowest BCUT2D eigenvalue weighted by Crippen LogP contribution is -2.35. The quantitative estimate of drug-likeness (QED) is 0.820. The van der Waals surface area contributed by atoms with Gasteiger partial charge in [0, 0.05) is 12.6 Å². The van der Waals surface area contributed by atoms with E-state index in [0.29, 0.717) is 6.54 Å². The average molecular weight is 341 g/mol. The summed E-state index contributed by atoms with van der Waals surface area (Å²) in [5.74, 6) is -0.436. The molecule has 23 heavy (non-hydrogen) atoms. The molecule has 1 unspecified atom stereocenters. The molecule has 6 heteroatoms. The normalized spacial score (nSPS) is 23.5. The van der Waals surface area contributed by atoms with Gasteiger partial charge in [0.15, 0.2) is 11.6 Å². The molecule has 3 rings (SSSR count). The number of rotatable bonds is 5. The lowest BCUT2D eigenvalue weighted by molar-refractivity contribution is 0.200. The highest BCUT2D eigenvalue weighted by molar-refractivity contribution is 7.89. The van der Waals surface area contributed by atoms with Crippen molar-refractivity contribution in [3.8, 4) is 5.75 Å². The van der Waals surface area contributed by atoms with Gasteiger partial charge < -0.3 is 4.74 Å². The van der Waals surface area contributed by atoms with Crippen molar-refractivity contribution in [2.45, 2.75) is 68.9 Å². The molecule has 1 aromatic rings. The number of sulfonamides is 1. The van der Waals surface area contributed by atoms with Crippen molar-refractivity contribution >= 4 is 10.0 Å². The summed E-state index contributed by atoms with van der Waals surface area (Å²) in [6, 6.07) is 4.05. The molecule has 1 atom stereocenters. The molecule has 2 aliphatic rings. The van der Waals surface area contributed by atoms with Gasteiger partial charge in [0.25, 0.3) is 0 Å². The van der Waals surface area contributed by atoms with Gasteiger partial charge in [-0.25, -0.2) is 12.8 Å². The summed E-state index contributed by atoms with van der Waals surface area (Å²) in [5.41, 5.74) is 0. The van der Waals surface area contributed by atoms with Crippen molar-refractivity contribution in [2.24, 2.45) is 0 Å². The van der Waals surface area contributed by atoms with Crippen LogP contribution in [0.5, 0.6) is 5.75 Å². The van der Waals surface area contributed by atoms with E-state index in [-0.39, 0.29) is 22.8 Å². The zero-order valence-corrected chi connectivity index (χ0v) is 14.3. The molecule has 0 aromatic heterocycles. The molecule has 0 N–H and O–H groups in total. The fourth-order valence-electron chi connectivity index (χ4n) is 3.59. The third-order valence-corrected chi connectivity index (χ3v) is 6.85. The maximum Gasteiger partial charge on any atom is 0.243 e. The van der Waals surface area contributed by atoms with E-state index in [1.165, 1.54) is 16.4 Å². The number of nitrogens with zero attached hydrogens (tertiary/aromatic N) is 1. The minimum atomic E-state index is -3.63. The highest BCUT2D eigenvalue weighted by atomic mass is 32.2. The predicted molar refractivity (Wildman–Crippen MR) is 86.5 cm³/mol. The molecule has 0 bridgehead atoms. The van der Waals surface area contributed by atoms with Gasteiger partial charge in [-0.2, -0.15) is 4.31 Å². The second-order valence-corrected chi connectivity index (χ2v) is 8.33. The van der Waals surface area contributed by atoms with Crippen molar-refractivity contribution in [1.29, 1.82) is 0 Å². The highest BCUT2D eigenvalue weighted by Gasteiger charge is 2.34. The number of ether oxygens (including phenoxy) is 1. The SMILES string of the molecule is CCC1CCCN1S(=O)(=O)c1ccc(OC2CCCC2)c(F)c1. The lowest BCUT2D eigenvalue weighted by atomic mass is 10.2. The monoisotopic (exact) mass is 341 g/mol. The van der Waals surface area contributed by atoms with Gasteiger partial charge in [-0.3, -0.25) is 0 Å². The lowest BCUT2D eigenvalue weighted by Gasteiger charge is -2.23. The van der Waals surface area contributed by atoms with Crippen molar-refractivity contribution in [1.82, 2.24) is 4.31 Å². The number of halogens is 1. The van der Waals surface area contributed by atoms with Gasteiger partial charge >= 0.3 is 0 Å². The van der Waals surface area contributed by atoms with Crippen molar-refractivity contribution < 1.29 is 17.5 Å². The van der Waals surface area contributed by atoms with Crippen molar-refractivity contribution in [3.05, 3.63) is 24.0 Å². The summed E-state index contributed by atoms with van der Waals surface area (Å²) < 4.78 is 46.9. The number of hydrogen-bond acceptors (Lipinski definition) is 3. The maximum absolute atomic E-state index is 14.3. The molecule has 2 fully saturated rings. The number of benzene rings is 1. The topological polar surface area (TPSA) is 46.6 Å². The Balaban J connectivity index is 1.81. The largest absolute Gasteiger partial charge is 0.487 e. The molecule has 0 spiro atoms. The molecule has 1 saturated carbocycles. The average Bonchev–Trinajstić information content (AvgIpc) is 3.20. The fraction of sp³-hybridized carbons (Fsp3) is 0.647. The van der Waals surface area contributed by atoms with Crippen LogP contribution in [-0.4, -0.2) is 31.4 Å². The van der Waals surface area contributed by atoms with Crippen LogP contribution in [0.2, 0.25) is 0 Å². The van der Waals surface area contributed by atoms with Gasteiger partial charge in [0.1, 0.15) is 0 Å². The van der Waals surface area contributed by atoms with Crippen LogP contribution in [0.1, 0.15) is 51.9 Å². The molecule has 128 valence electrons. The Hall–Kier alpha value is -1.14. The van der Waals surface area contributed by atoms with Crippen LogP contribution in [0.15, 0.2) is 23.1 Å². The van der Waals surface area contributed by atoms with E-state index in [9.17, 15) is 12.8 Å². The third-order valence-electron chi connectivity index (χ3n) is 4.90. The summed E-state index contributed by atoms with van der Waals surface area (Å²) in [5, 5.41) is 0. The van der Waals surface area contributed by atoms with Crippen LogP contribution < -0.4 is 4.74 Å². The van der Waals surface area contributed by atoms with E-state index in [2.05, 4.69) is 0 Å². The molecule has 4 nitrogen and oxygen atoms in total. The van der Waals surface area contributed by atoms with Gasteiger partial charge in [-0.05, 0) is 63.1 Å². The standard InChI is InChI=1S/C17H24FNO3S/c1-2-13-6-5-11-19(13)23(20,21)15-9-10-17(16(18)12-15)22-14-7-3-4-8-14/h9-10,12-14H,2-8,11H2,1H3. The molecule has 1 aliphatic heterocycles. The van der Waals surface area contributed by atoms with Crippen molar-refractivity contribution in [2.75, 3.05) is 6.54 Å². The summed E-state index contributed by atoms with van der Waals surface area (Å²) in [7, 11) is -3.63.